The lowest BCUT2D eigenvalue weighted by atomic mass is 9.99. The topological polar surface area (TPSA) is 101 Å². The number of amides is 4. The number of rotatable bonds is 6. The number of hydrogen-bond acceptors (Lipinski definition) is 5. The van der Waals surface area contributed by atoms with Crippen LogP contribution in [0.1, 0.15) is 19.6 Å². The van der Waals surface area contributed by atoms with Gasteiger partial charge in [-0.3, -0.25) is 14.5 Å². The molecule has 3 rings (SSSR count). The number of urea groups is 1. The Labute approximate surface area is 150 Å². The molecule has 4 amide bonds. The van der Waals surface area contributed by atoms with Gasteiger partial charge >= 0.3 is 6.03 Å². The minimum atomic E-state index is -1.32. The quantitative estimate of drug-likeness (QED) is 0.771. The van der Waals surface area contributed by atoms with E-state index in [1.165, 1.54) is 13.2 Å². The molecule has 0 saturated carbocycles. The normalized spacial score (nSPS) is 19.4. The molecule has 0 spiro atoms. The Morgan fingerprint density at radius 3 is 2.62 bits per heavy atom. The molecule has 2 aromatic rings. The van der Waals surface area contributed by atoms with Crippen LogP contribution in [0.25, 0.3) is 0 Å². The fraction of sp³-hybridized carbons (Fsp3) is 0.278. The Bertz CT molecular complexity index is 816. The second-order valence-electron chi connectivity index (χ2n) is 5.93. The third kappa shape index (κ3) is 3.26. The molecule has 136 valence electrons. The first-order valence-corrected chi connectivity index (χ1v) is 8.15. The second kappa shape index (κ2) is 6.91. The smallest absolute Gasteiger partial charge is 0.325 e. The van der Waals surface area contributed by atoms with E-state index in [1.54, 1.807) is 36.4 Å². The number of hydrogen-bond donors (Lipinski definition) is 2. The lowest BCUT2D eigenvalue weighted by molar-refractivity contribution is -0.134. The molecular weight excluding hydrogens is 338 g/mol. The highest BCUT2D eigenvalue weighted by Crippen LogP contribution is 2.29. The van der Waals surface area contributed by atoms with Crippen molar-refractivity contribution in [3.8, 4) is 5.75 Å². The zero-order valence-corrected chi connectivity index (χ0v) is 14.4. The molecule has 8 heteroatoms. The van der Waals surface area contributed by atoms with Gasteiger partial charge < -0.3 is 19.8 Å². The lowest BCUT2D eigenvalue weighted by Crippen LogP contribution is -2.41. The first-order valence-electron chi connectivity index (χ1n) is 8.15. The average Bonchev–Trinajstić information content (AvgIpc) is 3.22. The minimum absolute atomic E-state index is 0.310. The molecule has 26 heavy (non-hydrogen) atoms. The van der Waals surface area contributed by atoms with Gasteiger partial charge in [0.05, 0.1) is 12.9 Å². The number of carbonyl (C=O) groups excluding carboxylic acids is 3. The van der Waals surface area contributed by atoms with Gasteiger partial charge in [-0.1, -0.05) is 0 Å². The zero-order chi connectivity index (χ0) is 18.7. The summed E-state index contributed by atoms with van der Waals surface area (Å²) in [5.74, 6) is -0.0280. The summed E-state index contributed by atoms with van der Waals surface area (Å²) >= 11 is 0. The molecule has 0 aliphatic carbocycles. The van der Waals surface area contributed by atoms with Crippen molar-refractivity contribution in [2.24, 2.45) is 0 Å². The average molecular weight is 357 g/mol. The molecule has 1 aliphatic rings. The van der Waals surface area contributed by atoms with Crippen LogP contribution >= 0.6 is 0 Å². The van der Waals surface area contributed by atoms with Crippen molar-refractivity contribution < 1.29 is 23.5 Å². The maximum atomic E-state index is 12.6. The monoisotopic (exact) mass is 357 g/mol. The minimum Gasteiger partial charge on any atom is -0.494 e. The number of nitrogens with zero attached hydrogens (tertiary/aromatic N) is 1. The molecular formula is C18H19N3O5. The number of imide groups is 1. The van der Waals surface area contributed by atoms with E-state index in [2.05, 4.69) is 10.6 Å². The van der Waals surface area contributed by atoms with Gasteiger partial charge in [-0.05, 0) is 50.2 Å². The fourth-order valence-corrected chi connectivity index (χ4v) is 2.72. The summed E-state index contributed by atoms with van der Waals surface area (Å²) < 4.78 is 10.6. The van der Waals surface area contributed by atoms with Crippen LogP contribution < -0.4 is 15.4 Å². The van der Waals surface area contributed by atoms with Crippen molar-refractivity contribution >= 4 is 23.5 Å². The summed E-state index contributed by atoms with van der Waals surface area (Å²) in [5, 5.41) is 5.22. The molecule has 2 heterocycles. The first-order chi connectivity index (χ1) is 12.4. The second-order valence-corrected chi connectivity index (χ2v) is 5.93. The molecule has 1 fully saturated rings. The standard InChI is InChI=1S/C18H19N3O5/c1-3-25-13-8-6-12(7-9-13)19-15(22)11-21-16(23)18(2,20-17(21)24)14-5-4-10-26-14/h4-10H,3,11H2,1-2H3,(H,19,22)(H,20,24). The number of benzene rings is 1. The van der Waals surface area contributed by atoms with E-state index in [1.807, 2.05) is 6.92 Å². The van der Waals surface area contributed by atoms with Gasteiger partial charge in [0.1, 0.15) is 18.1 Å². The number of anilines is 1. The van der Waals surface area contributed by atoms with Crippen LogP contribution in [0, 0.1) is 0 Å². The number of ether oxygens (including phenoxy) is 1. The summed E-state index contributed by atoms with van der Waals surface area (Å²) in [6.45, 7) is 3.57. The van der Waals surface area contributed by atoms with Crippen molar-refractivity contribution in [1.29, 1.82) is 0 Å². The van der Waals surface area contributed by atoms with Gasteiger partial charge in [0.2, 0.25) is 5.91 Å². The number of nitrogens with one attached hydrogen (secondary N) is 2. The molecule has 8 nitrogen and oxygen atoms in total. The third-order valence-corrected chi connectivity index (χ3v) is 4.04. The van der Waals surface area contributed by atoms with E-state index >= 15 is 0 Å². The van der Waals surface area contributed by atoms with Crippen LogP contribution in [-0.4, -0.2) is 35.9 Å². The fourth-order valence-electron chi connectivity index (χ4n) is 2.72. The van der Waals surface area contributed by atoms with Crippen LogP contribution in [0.4, 0.5) is 10.5 Å². The van der Waals surface area contributed by atoms with Gasteiger partial charge in [0.15, 0.2) is 5.54 Å². The Morgan fingerprint density at radius 1 is 1.27 bits per heavy atom. The van der Waals surface area contributed by atoms with E-state index in [0.29, 0.717) is 23.8 Å². The molecule has 0 bridgehead atoms. The summed E-state index contributed by atoms with van der Waals surface area (Å²) in [5.41, 5.74) is -0.778. The SMILES string of the molecule is CCOc1ccc(NC(=O)CN2C(=O)NC(C)(c3ccco3)C2=O)cc1. The highest BCUT2D eigenvalue weighted by molar-refractivity contribution is 6.10. The van der Waals surface area contributed by atoms with E-state index in [-0.39, 0.29) is 0 Å². The van der Waals surface area contributed by atoms with E-state index < -0.39 is 29.9 Å². The lowest BCUT2D eigenvalue weighted by Gasteiger charge is -2.18. The Hall–Kier alpha value is -3.29. The highest BCUT2D eigenvalue weighted by atomic mass is 16.5. The predicted octanol–water partition coefficient (Wildman–Crippen LogP) is 2.08. The van der Waals surface area contributed by atoms with Crippen LogP contribution in [-0.2, 0) is 15.1 Å². The van der Waals surface area contributed by atoms with Crippen molar-refractivity contribution in [2.75, 3.05) is 18.5 Å². The third-order valence-electron chi connectivity index (χ3n) is 4.04. The van der Waals surface area contributed by atoms with Gasteiger partial charge in [0.25, 0.3) is 5.91 Å². The summed E-state index contributed by atoms with van der Waals surface area (Å²) in [6, 6.07) is 9.39. The maximum Gasteiger partial charge on any atom is 0.325 e. The molecule has 1 unspecified atom stereocenters. The van der Waals surface area contributed by atoms with Crippen molar-refractivity contribution in [3.05, 3.63) is 48.4 Å². The highest BCUT2D eigenvalue weighted by Gasteiger charge is 2.51. The predicted molar refractivity (Wildman–Crippen MR) is 92.5 cm³/mol. The van der Waals surface area contributed by atoms with Gasteiger partial charge in [0, 0.05) is 5.69 Å². The van der Waals surface area contributed by atoms with Crippen molar-refractivity contribution in [3.63, 3.8) is 0 Å². The van der Waals surface area contributed by atoms with Crippen molar-refractivity contribution in [2.45, 2.75) is 19.4 Å². The van der Waals surface area contributed by atoms with E-state index in [9.17, 15) is 14.4 Å². The van der Waals surface area contributed by atoms with Gasteiger partial charge in [-0.25, -0.2) is 4.79 Å². The molecule has 0 radical (unpaired) electrons. The molecule has 1 aliphatic heterocycles. The molecule has 1 atom stereocenters. The van der Waals surface area contributed by atoms with Crippen LogP contribution in [0.2, 0.25) is 0 Å². The van der Waals surface area contributed by atoms with Gasteiger partial charge in [-0.2, -0.15) is 0 Å². The molecule has 1 aromatic carbocycles. The zero-order valence-electron chi connectivity index (χ0n) is 14.4. The van der Waals surface area contributed by atoms with Gasteiger partial charge in [-0.15, -0.1) is 0 Å². The summed E-state index contributed by atoms with van der Waals surface area (Å²) in [4.78, 5) is 37.9. The van der Waals surface area contributed by atoms with Crippen LogP contribution in [0.5, 0.6) is 5.75 Å². The van der Waals surface area contributed by atoms with Crippen LogP contribution in [0.15, 0.2) is 47.1 Å². The number of carbonyl (C=O) groups is 3. The Morgan fingerprint density at radius 2 is 2.00 bits per heavy atom. The first kappa shape index (κ1) is 17.5. The molecule has 1 aromatic heterocycles. The maximum absolute atomic E-state index is 12.6. The summed E-state index contributed by atoms with van der Waals surface area (Å²) in [6.07, 6.45) is 1.42. The molecule has 1 saturated heterocycles. The van der Waals surface area contributed by atoms with Crippen molar-refractivity contribution in [1.82, 2.24) is 10.2 Å². The van der Waals surface area contributed by atoms with E-state index in [4.69, 9.17) is 9.15 Å². The summed E-state index contributed by atoms with van der Waals surface area (Å²) in [7, 11) is 0. The number of furan rings is 1. The largest absolute Gasteiger partial charge is 0.494 e. The Kier molecular flexibility index (Phi) is 4.66. The molecule has 2 N–H and O–H groups in total. The van der Waals surface area contributed by atoms with E-state index in [0.717, 1.165) is 4.90 Å². The van der Waals surface area contributed by atoms with Crippen LogP contribution in [0.3, 0.4) is 0 Å². The Balaban J connectivity index is 1.65.